The number of hydrogen-bond acceptors (Lipinski definition) is 3. The predicted molar refractivity (Wildman–Crippen MR) is 115 cm³/mol. The summed E-state index contributed by atoms with van der Waals surface area (Å²) in [6.45, 7) is 0.465. The summed E-state index contributed by atoms with van der Waals surface area (Å²) < 4.78 is 83.7. The van der Waals surface area contributed by atoms with E-state index in [1.165, 1.54) is 30.3 Å². The molecule has 1 spiro atoms. The Hall–Kier alpha value is -2.46. The largest absolute Gasteiger partial charge is 0.332 e. The van der Waals surface area contributed by atoms with Gasteiger partial charge < -0.3 is 4.90 Å². The molecular formula is C23H24F4N2O3S. The van der Waals surface area contributed by atoms with Crippen LogP contribution in [0.3, 0.4) is 0 Å². The zero-order chi connectivity index (χ0) is 24.2. The van der Waals surface area contributed by atoms with Crippen LogP contribution in [0.1, 0.15) is 25.3 Å². The molecule has 178 valence electrons. The Balaban J connectivity index is 1.74. The first-order chi connectivity index (χ1) is 15.3. The average Bonchev–Trinajstić information content (AvgIpc) is 3.43. The van der Waals surface area contributed by atoms with Crippen LogP contribution in [0.15, 0.2) is 42.5 Å². The maximum Gasteiger partial charge on any atom is 0.322 e. The number of likely N-dealkylation sites (tertiary alicyclic amines) is 1. The van der Waals surface area contributed by atoms with Crippen LogP contribution in [-0.4, -0.2) is 50.0 Å². The van der Waals surface area contributed by atoms with Crippen molar-refractivity contribution in [3.63, 3.8) is 0 Å². The Morgan fingerprint density at radius 1 is 1.18 bits per heavy atom. The number of halogens is 4. The second-order valence-electron chi connectivity index (χ2n) is 9.11. The van der Waals surface area contributed by atoms with Gasteiger partial charge in [0.25, 0.3) is 5.91 Å². The maximum atomic E-state index is 15.5. The molecule has 0 bridgehead atoms. The quantitative estimate of drug-likeness (QED) is 0.636. The molecule has 0 aromatic heterocycles. The van der Waals surface area contributed by atoms with Crippen molar-refractivity contribution in [2.75, 3.05) is 12.8 Å². The zero-order valence-electron chi connectivity index (χ0n) is 18.1. The molecule has 2 fully saturated rings. The van der Waals surface area contributed by atoms with Gasteiger partial charge in [0, 0.05) is 30.5 Å². The third kappa shape index (κ3) is 4.77. The monoisotopic (exact) mass is 484 g/mol. The van der Waals surface area contributed by atoms with Crippen molar-refractivity contribution < 1.29 is 30.8 Å². The van der Waals surface area contributed by atoms with E-state index in [4.69, 9.17) is 0 Å². The van der Waals surface area contributed by atoms with Gasteiger partial charge in [0.15, 0.2) is 0 Å². The van der Waals surface area contributed by atoms with Crippen molar-refractivity contribution in [2.24, 2.45) is 5.41 Å². The molecule has 2 unspecified atom stereocenters. The van der Waals surface area contributed by atoms with E-state index >= 15 is 4.39 Å². The minimum atomic E-state index is -3.73. The van der Waals surface area contributed by atoms with Gasteiger partial charge in [-0.15, -0.1) is 0 Å². The summed E-state index contributed by atoms with van der Waals surface area (Å²) in [6.07, 6.45) is 1.93. The van der Waals surface area contributed by atoms with Gasteiger partial charge >= 0.3 is 5.92 Å². The number of carbonyl (C=O) groups excluding carboxylic acids is 1. The van der Waals surface area contributed by atoms with Crippen LogP contribution in [-0.2, 0) is 21.2 Å². The number of nitrogens with zero attached hydrogens (tertiary/aromatic N) is 1. The smallest absolute Gasteiger partial charge is 0.322 e. The summed E-state index contributed by atoms with van der Waals surface area (Å²) in [4.78, 5) is 13.6. The average molecular weight is 485 g/mol. The summed E-state index contributed by atoms with van der Waals surface area (Å²) in [5.41, 5.74) is -0.0987. The van der Waals surface area contributed by atoms with Gasteiger partial charge in [-0.05, 0) is 42.5 Å². The molecule has 0 radical (unpaired) electrons. The van der Waals surface area contributed by atoms with Crippen molar-refractivity contribution in [2.45, 2.75) is 44.2 Å². The Labute approximate surface area is 189 Å². The molecule has 1 aliphatic heterocycles. The van der Waals surface area contributed by atoms with Crippen LogP contribution in [0.2, 0.25) is 0 Å². The summed E-state index contributed by atoms with van der Waals surface area (Å²) in [5.74, 6) is -6.29. The third-order valence-corrected chi connectivity index (χ3v) is 7.13. The van der Waals surface area contributed by atoms with Crippen LogP contribution < -0.4 is 4.72 Å². The second kappa shape index (κ2) is 8.09. The van der Waals surface area contributed by atoms with Crippen LogP contribution in [0.4, 0.5) is 17.6 Å². The molecule has 1 amide bonds. The van der Waals surface area contributed by atoms with Gasteiger partial charge in [0.1, 0.15) is 11.6 Å². The van der Waals surface area contributed by atoms with Crippen molar-refractivity contribution >= 4 is 15.9 Å². The highest BCUT2D eigenvalue weighted by molar-refractivity contribution is 7.88. The minimum Gasteiger partial charge on any atom is -0.332 e. The van der Waals surface area contributed by atoms with Gasteiger partial charge in [-0.1, -0.05) is 30.3 Å². The first kappa shape index (κ1) is 23.7. The second-order valence-corrected chi connectivity index (χ2v) is 10.9. The fourth-order valence-electron chi connectivity index (χ4n) is 4.75. The number of benzene rings is 2. The fourth-order valence-corrected chi connectivity index (χ4v) is 5.62. The van der Waals surface area contributed by atoms with Crippen LogP contribution in [0.25, 0.3) is 11.1 Å². The normalized spacial score (nSPS) is 22.1. The molecule has 5 nitrogen and oxygen atoms in total. The van der Waals surface area contributed by atoms with E-state index in [1.54, 1.807) is 12.1 Å². The van der Waals surface area contributed by atoms with Crippen molar-refractivity contribution in [3.8, 4) is 11.1 Å². The van der Waals surface area contributed by atoms with E-state index in [0.29, 0.717) is 25.3 Å². The van der Waals surface area contributed by atoms with Gasteiger partial charge in [-0.2, -0.15) is 8.78 Å². The van der Waals surface area contributed by atoms with E-state index in [2.05, 4.69) is 4.72 Å². The molecule has 2 aromatic rings. The number of alkyl halides is 2. The Morgan fingerprint density at radius 3 is 2.42 bits per heavy atom. The topological polar surface area (TPSA) is 66.5 Å². The van der Waals surface area contributed by atoms with Crippen LogP contribution >= 0.6 is 0 Å². The Kier molecular flexibility index (Phi) is 5.81. The highest BCUT2D eigenvalue weighted by Crippen LogP contribution is 2.56. The maximum absolute atomic E-state index is 15.5. The molecule has 1 heterocycles. The molecule has 4 rings (SSSR count). The number of hydrogen-bond donors (Lipinski definition) is 1. The van der Waals surface area contributed by atoms with Gasteiger partial charge in [0.2, 0.25) is 10.0 Å². The molecule has 1 aliphatic carbocycles. The number of carbonyl (C=O) groups is 1. The van der Waals surface area contributed by atoms with E-state index in [9.17, 15) is 26.4 Å². The summed E-state index contributed by atoms with van der Waals surface area (Å²) in [7, 11) is -3.73. The highest BCUT2D eigenvalue weighted by atomic mass is 32.2. The Morgan fingerprint density at radius 2 is 1.85 bits per heavy atom. The first-order valence-corrected chi connectivity index (χ1v) is 12.4. The van der Waals surface area contributed by atoms with Gasteiger partial charge in [-0.25, -0.2) is 21.9 Å². The zero-order valence-corrected chi connectivity index (χ0v) is 18.9. The van der Waals surface area contributed by atoms with Gasteiger partial charge in [0.05, 0.1) is 12.3 Å². The number of sulfonamides is 1. The lowest BCUT2D eigenvalue weighted by Gasteiger charge is -2.30. The van der Waals surface area contributed by atoms with Crippen LogP contribution in [0, 0.1) is 17.0 Å². The predicted octanol–water partition coefficient (Wildman–Crippen LogP) is 3.74. The number of nitrogens with one attached hydrogen (secondary N) is 1. The summed E-state index contributed by atoms with van der Waals surface area (Å²) in [6, 6.07) is 8.06. The molecule has 2 atom stereocenters. The van der Waals surface area contributed by atoms with E-state index < -0.39 is 51.0 Å². The molecule has 2 aliphatic rings. The molecule has 1 saturated heterocycles. The standard InChI is InChI=1S/C23H24F4N2O3S/c1-22(26,27)21(30)29-13-23(9-10-23)20(28-33(2,31)32)18(29)12-15-6-4-8-17(19(15)25)14-5-3-7-16(24)11-14/h3-8,11,18,20,28H,9-10,12-13H2,1-2H3. The summed E-state index contributed by atoms with van der Waals surface area (Å²) in [5, 5.41) is 0. The molecule has 1 N–H and O–H groups in total. The van der Waals surface area contributed by atoms with Crippen molar-refractivity contribution in [3.05, 3.63) is 59.7 Å². The lowest BCUT2D eigenvalue weighted by atomic mass is 9.91. The lowest BCUT2D eigenvalue weighted by molar-refractivity contribution is -0.156. The fraction of sp³-hybridized carbons (Fsp3) is 0.435. The SMILES string of the molecule is CC(F)(F)C(=O)N1CC2(CC2)C(NS(C)(=O)=O)C1Cc1cccc(-c2cccc(F)c2)c1F. The lowest BCUT2D eigenvalue weighted by Crippen LogP contribution is -2.52. The third-order valence-electron chi connectivity index (χ3n) is 6.44. The summed E-state index contributed by atoms with van der Waals surface area (Å²) >= 11 is 0. The molecule has 33 heavy (non-hydrogen) atoms. The molecule has 10 heteroatoms. The van der Waals surface area contributed by atoms with E-state index in [1.807, 2.05) is 0 Å². The van der Waals surface area contributed by atoms with Crippen molar-refractivity contribution in [1.29, 1.82) is 0 Å². The molecule has 2 aromatic carbocycles. The number of amides is 1. The van der Waals surface area contributed by atoms with Crippen molar-refractivity contribution in [1.82, 2.24) is 9.62 Å². The Bertz CT molecular complexity index is 1190. The molecular weight excluding hydrogens is 460 g/mol. The minimum absolute atomic E-state index is 0.0294. The van der Waals surface area contributed by atoms with Gasteiger partial charge in [-0.3, -0.25) is 4.79 Å². The van der Waals surface area contributed by atoms with E-state index in [0.717, 1.165) is 11.2 Å². The highest BCUT2D eigenvalue weighted by Gasteiger charge is 2.62. The molecule has 1 saturated carbocycles. The van der Waals surface area contributed by atoms with Crippen LogP contribution in [0.5, 0.6) is 0 Å². The number of rotatable bonds is 6. The first-order valence-electron chi connectivity index (χ1n) is 10.5. The van der Waals surface area contributed by atoms with E-state index in [-0.39, 0.29) is 24.1 Å².